The first-order valence-electron chi connectivity index (χ1n) is 9.94. The van der Waals surface area contributed by atoms with Crippen LogP contribution >= 0.6 is 0 Å². The summed E-state index contributed by atoms with van der Waals surface area (Å²) in [7, 11) is -4.49. The summed E-state index contributed by atoms with van der Waals surface area (Å²) in [6, 6.07) is 7.93. The molecule has 174 valence electrons. The number of nitrogens with one attached hydrogen (secondary N) is 1. The molecule has 1 aromatic heterocycles. The number of alkyl halides is 3. The highest BCUT2D eigenvalue weighted by Crippen LogP contribution is 2.32. The molecule has 8 nitrogen and oxygen atoms in total. The van der Waals surface area contributed by atoms with E-state index in [-0.39, 0.29) is 24.9 Å². The lowest BCUT2D eigenvalue weighted by atomic mass is 10.1. The molecule has 0 atom stereocenters. The van der Waals surface area contributed by atoms with E-state index in [2.05, 4.69) is 10.3 Å². The molecule has 1 aliphatic heterocycles. The summed E-state index contributed by atoms with van der Waals surface area (Å²) in [6.45, 7) is -0.280. The molecule has 1 aromatic carbocycles. The van der Waals surface area contributed by atoms with Gasteiger partial charge in [-0.05, 0) is 49.1 Å². The van der Waals surface area contributed by atoms with E-state index in [1.165, 1.54) is 6.07 Å². The third kappa shape index (κ3) is 5.16. The van der Waals surface area contributed by atoms with Gasteiger partial charge >= 0.3 is 12.3 Å². The largest absolute Gasteiger partial charge is 0.416 e. The molecule has 4 rings (SSSR count). The average molecular weight is 481 g/mol. The van der Waals surface area contributed by atoms with Gasteiger partial charge in [-0.25, -0.2) is 22.5 Å². The Labute approximate surface area is 187 Å². The van der Waals surface area contributed by atoms with Crippen LogP contribution in [0.2, 0.25) is 0 Å². The van der Waals surface area contributed by atoms with E-state index in [1.807, 2.05) is 0 Å². The Morgan fingerprint density at radius 1 is 1.15 bits per heavy atom. The van der Waals surface area contributed by atoms with E-state index in [9.17, 15) is 31.2 Å². The maximum absolute atomic E-state index is 13.0. The number of amides is 2. The number of ether oxygens (including phenoxy) is 1. The van der Waals surface area contributed by atoms with Gasteiger partial charge in [0.05, 0.1) is 16.2 Å². The summed E-state index contributed by atoms with van der Waals surface area (Å²) in [5.41, 5.74) is -0.407. The number of carbonyl (C=O) groups is 2. The standard InChI is InChI=1S/C21H18F3N3O5S/c22-21(23,24)14-3-1-4-16(12-14)33(30,31)27-10-9-13(11-19(27)28)17-5-2-6-18(26-17)32-20(29)25-15-7-8-15/h1-6,11-12,15H,7-10H2,(H,25,29). The summed E-state index contributed by atoms with van der Waals surface area (Å²) >= 11 is 0. The van der Waals surface area contributed by atoms with Crippen LogP contribution in [-0.4, -0.2) is 42.3 Å². The molecular formula is C21H18F3N3O5S. The van der Waals surface area contributed by atoms with Crippen molar-refractivity contribution in [2.24, 2.45) is 0 Å². The third-order valence-electron chi connectivity index (χ3n) is 5.03. The van der Waals surface area contributed by atoms with Gasteiger partial charge in [-0.2, -0.15) is 13.2 Å². The molecule has 0 radical (unpaired) electrons. The van der Waals surface area contributed by atoms with Crippen LogP contribution in [0.15, 0.2) is 53.4 Å². The van der Waals surface area contributed by atoms with Crippen LogP contribution in [0.5, 0.6) is 5.88 Å². The predicted molar refractivity (Wildman–Crippen MR) is 109 cm³/mol. The Balaban J connectivity index is 1.52. The highest BCUT2D eigenvalue weighted by molar-refractivity contribution is 7.89. The van der Waals surface area contributed by atoms with E-state index < -0.39 is 38.7 Å². The summed E-state index contributed by atoms with van der Waals surface area (Å²) < 4.78 is 70.2. The molecule has 1 fully saturated rings. The van der Waals surface area contributed by atoms with Crippen LogP contribution in [0.4, 0.5) is 18.0 Å². The number of pyridine rings is 1. The normalized spacial score (nSPS) is 16.9. The molecule has 2 aromatic rings. The second kappa shape index (κ2) is 8.50. The number of carbonyl (C=O) groups excluding carboxylic acids is 2. The third-order valence-corrected chi connectivity index (χ3v) is 6.82. The summed E-state index contributed by atoms with van der Waals surface area (Å²) in [5, 5.41) is 2.65. The van der Waals surface area contributed by atoms with Gasteiger partial charge in [0, 0.05) is 24.7 Å². The van der Waals surface area contributed by atoms with E-state index in [1.54, 1.807) is 12.1 Å². The van der Waals surface area contributed by atoms with E-state index in [0.29, 0.717) is 21.6 Å². The summed E-state index contributed by atoms with van der Waals surface area (Å²) in [4.78, 5) is 27.9. The zero-order valence-corrected chi connectivity index (χ0v) is 17.8. The van der Waals surface area contributed by atoms with Gasteiger partial charge in [-0.15, -0.1) is 0 Å². The number of hydrogen-bond donors (Lipinski definition) is 1. The Hall–Kier alpha value is -3.41. The fourth-order valence-electron chi connectivity index (χ4n) is 3.20. The lowest BCUT2D eigenvalue weighted by Crippen LogP contribution is -2.39. The van der Waals surface area contributed by atoms with Crippen molar-refractivity contribution in [2.75, 3.05) is 6.54 Å². The minimum Gasteiger partial charge on any atom is -0.391 e. The molecule has 12 heteroatoms. The topological polar surface area (TPSA) is 106 Å². The van der Waals surface area contributed by atoms with Crippen LogP contribution in [0.25, 0.3) is 5.57 Å². The van der Waals surface area contributed by atoms with Gasteiger partial charge in [-0.3, -0.25) is 4.79 Å². The number of nitrogens with zero attached hydrogens (tertiary/aromatic N) is 2. The second-order valence-corrected chi connectivity index (χ2v) is 9.39. The smallest absolute Gasteiger partial charge is 0.391 e. The molecular weight excluding hydrogens is 463 g/mol. The van der Waals surface area contributed by atoms with Crippen molar-refractivity contribution in [3.63, 3.8) is 0 Å². The molecule has 2 aliphatic rings. The Kier molecular flexibility index (Phi) is 5.87. The highest BCUT2D eigenvalue weighted by atomic mass is 32.2. The molecule has 0 unspecified atom stereocenters. The molecule has 1 aliphatic carbocycles. The molecule has 0 spiro atoms. The molecule has 2 heterocycles. The fraction of sp³-hybridized carbons (Fsp3) is 0.286. The highest BCUT2D eigenvalue weighted by Gasteiger charge is 2.35. The molecule has 2 amide bonds. The maximum atomic E-state index is 13.0. The quantitative estimate of drug-likeness (QED) is 0.702. The van der Waals surface area contributed by atoms with E-state index >= 15 is 0 Å². The second-order valence-electron chi connectivity index (χ2n) is 7.53. The van der Waals surface area contributed by atoms with Crippen LogP contribution < -0.4 is 10.1 Å². The molecule has 1 N–H and O–H groups in total. The maximum Gasteiger partial charge on any atom is 0.416 e. The first-order valence-corrected chi connectivity index (χ1v) is 11.4. The van der Waals surface area contributed by atoms with Gasteiger partial charge in [0.25, 0.3) is 15.9 Å². The van der Waals surface area contributed by atoms with Crippen molar-refractivity contribution < 1.29 is 35.9 Å². The van der Waals surface area contributed by atoms with Crippen molar-refractivity contribution in [3.8, 4) is 5.88 Å². The molecule has 0 saturated heterocycles. The Morgan fingerprint density at radius 3 is 2.55 bits per heavy atom. The molecule has 33 heavy (non-hydrogen) atoms. The van der Waals surface area contributed by atoms with E-state index in [4.69, 9.17) is 4.74 Å². The summed E-state index contributed by atoms with van der Waals surface area (Å²) in [5.74, 6) is -0.897. The zero-order valence-electron chi connectivity index (χ0n) is 17.0. The molecule has 1 saturated carbocycles. The van der Waals surface area contributed by atoms with Crippen LogP contribution in [0.3, 0.4) is 0 Å². The van der Waals surface area contributed by atoms with Crippen LogP contribution in [0, 0.1) is 0 Å². The lowest BCUT2D eigenvalue weighted by Gasteiger charge is -2.26. The number of benzene rings is 1. The van der Waals surface area contributed by atoms with Gasteiger partial charge in [0.2, 0.25) is 5.88 Å². The number of halogens is 3. The number of rotatable bonds is 5. The van der Waals surface area contributed by atoms with E-state index in [0.717, 1.165) is 37.1 Å². The molecule has 0 bridgehead atoms. The van der Waals surface area contributed by atoms with Crippen molar-refractivity contribution in [1.29, 1.82) is 0 Å². The Morgan fingerprint density at radius 2 is 1.88 bits per heavy atom. The van der Waals surface area contributed by atoms with Crippen LogP contribution in [0.1, 0.15) is 30.5 Å². The van der Waals surface area contributed by atoms with Gasteiger partial charge < -0.3 is 10.1 Å². The van der Waals surface area contributed by atoms with Crippen molar-refractivity contribution >= 4 is 27.6 Å². The minimum absolute atomic E-state index is 0.0121. The summed E-state index contributed by atoms with van der Waals surface area (Å²) in [6.07, 6.45) is -2.46. The number of sulfonamides is 1. The van der Waals surface area contributed by atoms with Crippen LogP contribution in [-0.2, 0) is 21.0 Å². The van der Waals surface area contributed by atoms with Gasteiger partial charge in [0.15, 0.2) is 0 Å². The average Bonchev–Trinajstić information content (AvgIpc) is 3.57. The fourth-order valence-corrected chi connectivity index (χ4v) is 4.60. The van der Waals surface area contributed by atoms with Crippen molar-refractivity contribution in [1.82, 2.24) is 14.6 Å². The monoisotopic (exact) mass is 481 g/mol. The minimum atomic E-state index is -4.72. The van der Waals surface area contributed by atoms with Gasteiger partial charge in [0.1, 0.15) is 0 Å². The first kappa shape index (κ1) is 22.8. The SMILES string of the molecule is O=C(NC1CC1)Oc1cccc(C2=CC(=O)N(S(=O)(=O)c3cccc(C(F)(F)F)c3)CC2)n1. The Bertz CT molecular complexity index is 1240. The first-order chi connectivity index (χ1) is 15.5. The number of aromatic nitrogens is 1. The lowest BCUT2D eigenvalue weighted by molar-refractivity contribution is -0.137. The zero-order chi connectivity index (χ0) is 23.8. The van der Waals surface area contributed by atoms with Crippen molar-refractivity contribution in [2.45, 2.75) is 36.4 Å². The van der Waals surface area contributed by atoms with Crippen molar-refractivity contribution in [3.05, 3.63) is 59.8 Å². The number of hydrogen-bond acceptors (Lipinski definition) is 6. The van der Waals surface area contributed by atoms with Gasteiger partial charge in [-0.1, -0.05) is 12.1 Å². The predicted octanol–water partition coefficient (Wildman–Crippen LogP) is 3.36.